The lowest BCUT2D eigenvalue weighted by molar-refractivity contribution is -0.142. The number of halogens is 1. The van der Waals surface area contributed by atoms with Crippen LogP contribution in [0.4, 0.5) is 4.39 Å². The molecule has 0 aromatic heterocycles. The van der Waals surface area contributed by atoms with Crippen LogP contribution in [0.25, 0.3) is 0 Å². The molecular formula is C24H28FN3O4. The van der Waals surface area contributed by atoms with E-state index in [1.807, 2.05) is 6.07 Å². The standard InChI is InChI=1S/C24H28FN3O4/c1-15(2)24(30)27(3)14-23(29)28-20(16-10-11-21(31-4)22(12-16)32-5)13-19(26-28)17-8-6-7-9-18(17)25/h6-12,15,20H,13-14H2,1-5H3. The van der Waals surface area contributed by atoms with Crippen molar-refractivity contribution in [2.45, 2.75) is 26.3 Å². The van der Waals surface area contributed by atoms with Crippen molar-refractivity contribution in [1.82, 2.24) is 9.91 Å². The first kappa shape index (κ1) is 23.2. The predicted octanol–water partition coefficient (Wildman–Crippen LogP) is 3.64. The van der Waals surface area contributed by atoms with E-state index in [1.165, 1.54) is 23.1 Å². The third kappa shape index (κ3) is 4.74. The molecule has 0 spiro atoms. The van der Waals surface area contributed by atoms with Crippen molar-refractivity contribution in [3.05, 3.63) is 59.4 Å². The average molecular weight is 442 g/mol. The molecule has 0 aliphatic carbocycles. The molecular weight excluding hydrogens is 413 g/mol. The van der Waals surface area contributed by atoms with Crippen LogP contribution in [0.15, 0.2) is 47.6 Å². The molecule has 0 saturated heterocycles. The van der Waals surface area contributed by atoms with Crippen molar-refractivity contribution in [2.24, 2.45) is 11.0 Å². The molecule has 2 amide bonds. The fourth-order valence-corrected chi connectivity index (χ4v) is 3.71. The Balaban J connectivity index is 1.97. The van der Waals surface area contributed by atoms with Gasteiger partial charge in [-0.25, -0.2) is 9.40 Å². The van der Waals surface area contributed by atoms with Crippen LogP contribution in [-0.4, -0.2) is 55.2 Å². The topological polar surface area (TPSA) is 71.4 Å². The van der Waals surface area contributed by atoms with Gasteiger partial charge in [0, 0.05) is 24.9 Å². The minimum atomic E-state index is -0.473. The minimum absolute atomic E-state index is 0.130. The Labute approximate surface area is 187 Å². The molecule has 1 unspecified atom stereocenters. The third-order valence-corrected chi connectivity index (χ3v) is 5.39. The van der Waals surface area contributed by atoms with E-state index in [0.717, 1.165) is 5.56 Å². The minimum Gasteiger partial charge on any atom is -0.493 e. The van der Waals surface area contributed by atoms with Crippen LogP contribution in [0.5, 0.6) is 11.5 Å². The first-order valence-corrected chi connectivity index (χ1v) is 10.4. The van der Waals surface area contributed by atoms with Crippen molar-refractivity contribution >= 4 is 17.5 Å². The molecule has 1 atom stereocenters. The average Bonchev–Trinajstić information content (AvgIpc) is 3.23. The molecule has 0 saturated carbocycles. The molecule has 1 aliphatic heterocycles. The summed E-state index contributed by atoms with van der Waals surface area (Å²) >= 11 is 0. The molecule has 0 radical (unpaired) electrons. The summed E-state index contributed by atoms with van der Waals surface area (Å²) in [6, 6.07) is 11.2. The highest BCUT2D eigenvalue weighted by Gasteiger charge is 2.35. The highest BCUT2D eigenvalue weighted by atomic mass is 19.1. The number of likely N-dealkylation sites (N-methyl/N-ethyl adjacent to an activating group) is 1. The van der Waals surface area contributed by atoms with Gasteiger partial charge in [-0.3, -0.25) is 9.59 Å². The number of ether oxygens (including phenoxy) is 2. The van der Waals surface area contributed by atoms with Crippen LogP contribution in [0.3, 0.4) is 0 Å². The van der Waals surface area contributed by atoms with Gasteiger partial charge in [0.25, 0.3) is 5.91 Å². The molecule has 2 aromatic carbocycles. The highest BCUT2D eigenvalue weighted by Crippen LogP contribution is 2.37. The Kier molecular flexibility index (Phi) is 7.12. The van der Waals surface area contributed by atoms with Gasteiger partial charge in [0.1, 0.15) is 12.4 Å². The molecule has 3 rings (SSSR count). The highest BCUT2D eigenvalue weighted by molar-refractivity contribution is 6.03. The largest absolute Gasteiger partial charge is 0.493 e. The fourth-order valence-electron chi connectivity index (χ4n) is 3.71. The van der Waals surface area contributed by atoms with Gasteiger partial charge >= 0.3 is 0 Å². The van der Waals surface area contributed by atoms with E-state index < -0.39 is 11.9 Å². The van der Waals surface area contributed by atoms with E-state index >= 15 is 0 Å². The predicted molar refractivity (Wildman–Crippen MR) is 119 cm³/mol. The number of methoxy groups -OCH3 is 2. The van der Waals surface area contributed by atoms with Crippen molar-refractivity contribution in [2.75, 3.05) is 27.8 Å². The second-order valence-corrected chi connectivity index (χ2v) is 7.95. The number of hydrogen-bond acceptors (Lipinski definition) is 5. The number of nitrogens with zero attached hydrogens (tertiary/aromatic N) is 3. The number of hydrazone groups is 1. The summed E-state index contributed by atoms with van der Waals surface area (Å²) < 4.78 is 25.2. The molecule has 0 fully saturated rings. The molecule has 1 heterocycles. The maximum absolute atomic E-state index is 14.4. The Morgan fingerprint density at radius 1 is 1.16 bits per heavy atom. The second-order valence-electron chi connectivity index (χ2n) is 7.95. The van der Waals surface area contributed by atoms with E-state index in [1.54, 1.807) is 58.3 Å². The number of hydrogen-bond donors (Lipinski definition) is 0. The lowest BCUT2D eigenvalue weighted by Crippen LogP contribution is -2.40. The molecule has 32 heavy (non-hydrogen) atoms. The first-order chi connectivity index (χ1) is 15.3. The number of carbonyl (C=O) groups is 2. The monoisotopic (exact) mass is 441 g/mol. The first-order valence-electron chi connectivity index (χ1n) is 10.4. The maximum atomic E-state index is 14.4. The lowest BCUT2D eigenvalue weighted by Gasteiger charge is -2.26. The molecule has 0 bridgehead atoms. The second kappa shape index (κ2) is 9.80. The lowest BCUT2D eigenvalue weighted by atomic mass is 9.97. The van der Waals surface area contributed by atoms with Crippen LogP contribution >= 0.6 is 0 Å². The fraction of sp³-hybridized carbons (Fsp3) is 0.375. The van der Waals surface area contributed by atoms with Crippen molar-refractivity contribution in [3.63, 3.8) is 0 Å². The van der Waals surface area contributed by atoms with Gasteiger partial charge in [0.05, 0.1) is 26.0 Å². The summed E-state index contributed by atoms with van der Waals surface area (Å²) in [7, 11) is 4.67. The summed E-state index contributed by atoms with van der Waals surface area (Å²) in [5.74, 6) is -0.0520. The van der Waals surface area contributed by atoms with Crippen molar-refractivity contribution in [1.29, 1.82) is 0 Å². The number of amides is 2. The van der Waals surface area contributed by atoms with Gasteiger partial charge in [-0.1, -0.05) is 38.1 Å². The zero-order chi connectivity index (χ0) is 23.4. The van der Waals surface area contributed by atoms with Crippen molar-refractivity contribution < 1.29 is 23.5 Å². The van der Waals surface area contributed by atoms with E-state index in [4.69, 9.17) is 9.47 Å². The quantitative estimate of drug-likeness (QED) is 0.658. The van der Waals surface area contributed by atoms with Crippen LogP contribution in [-0.2, 0) is 9.59 Å². The van der Waals surface area contributed by atoms with Crippen LogP contribution in [0, 0.1) is 11.7 Å². The summed E-state index contributed by atoms with van der Waals surface area (Å²) in [5.41, 5.74) is 1.58. The Hall–Kier alpha value is -3.42. The van der Waals surface area contributed by atoms with Gasteiger partial charge in [-0.15, -0.1) is 0 Å². The van der Waals surface area contributed by atoms with E-state index in [-0.39, 0.29) is 24.3 Å². The molecule has 8 heteroatoms. The number of rotatable bonds is 7. The molecule has 0 N–H and O–H groups in total. The summed E-state index contributed by atoms with van der Waals surface area (Å²) in [6.45, 7) is 3.43. The summed E-state index contributed by atoms with van der Waals surface area (Å²) in [4.78, 5) is 26.8. The Morgan fingerprint density at radius 2 is 1.84 bits per heavy atom. The van der Waals surface area contributed by atoms with Gasteiger partial charge in [-0.2, -0.15) is 5.10 Å². The maximum Gasteiger partial charge on any atom is 0.262 e. The SMILES string of the molecule is COc1ccc(C2CC(c3ccccc3F)=NN2C(=O)CN(C)C(=O)C(C)C)cc1OC. The Morgan fingerprint density at radius 3 is 2.47 bits per heavy atom. The third-order valence-electron chi connectivity index (χ3n) is 5.39. The van der Waals surface area contributed by atoms with Crippen LogP contribution in [0.2, 0.25) is 0 Å². The normalized spacial score (nSPS) is 15.5. The zero-order valence-electron chi connectivity index (χ0n) is 19.0. The molecule has 1 aliphatic rings. The molecule has 170 valence electrons. The van der Waals surface area contributed by atoms with Crippen LogP contribution < -0.4 is 9.47 Å². The Bertz CT molecular complexity index is 1040. The molecule has 2 aromatic rings. The van der Waals surface area contributed by atoms with Crippen molar-refractivity contribution in [3.8, 4) is 11.5 Å². The smallest absolute Gasteiger partial charge is 0.262 e. The molecule has 7 nitrogen and oxygen atoms in total. The zero-order valence-corrected chi connectivity index (χ0v) is 19.0. The van der Waals surface area contributed by atoms with E-state index in [2.05, 4.69) is 5.10 Å². The summed E-state index contributed by atoms with van der Waals surface area (Å²) in [6.07, 6.45) is 0.323. The van der Waals surface area contributed by atoms with Gasteiger partial charge in [0.15, 0.2) is 11.5 Å². The van der Waals surface area contributed by atoms with Crippen LogP contribution in [0.1, 0.15) is 37.4 Å². The van der Waals surface area contributed by atoms with Gasteiger partial charge < -0.3 is 14.4 Å². The van der Waals surface area contributed by atoms with E-state index in [0.29, 0.717) is 29.2 Å². The van der Waals surface area contributed by atoms with Gasteiger partial charge in [-0.05, 0) is 23.8 Å². The summed E-state index contributed by atoms with van der Waals surface area (Å²) in [5, 5.41) is 5.82. The number of benzene rings is 2. The number of carbonyl (C=O) groups excluding carboxylic acids is 2. The van der Waals surface area contributed by atoms with Gasteiger partial charge in [0.2, 0.25) is 5.91 Å². The van der Waals surface area contributed by atoms with E-state index in [9.17, 15) is 14.0 Å².